The van der Waals surface area contributed by atoms with E-state index in [-0.39, 0.29) is 51.4 Å². The van der Waals surface area contributed by atoms with E-state index >= 15 is 0 Å². The Morgan fingerprint density at radius 3 is 2.50 bits per heavy atom. The fraction of sp³-hybridized carbons (Fsp3) is 0.320. The Hall–Kier alpha value is -3.52. The Morgan fingerprint density at radius 2 is 1.85 bits per heavy atom. The number of aliphatic hydroxyl groups excluding tert-OH is 1. The molecular weight excluding hydrogens is 462 g/mol. The summed E-state index contributed by atoms with van der Waals surface area (Å²) in [5.74, 6) is -1.39. The first kappa shape index (κ1) is 23.6. The Morgan fingerprint density at radius 1 is 1.18 bits per heavy atom. The molecule has 0 radical (unpaired) electrons. The number of carbonyl (C=O) groups is 2. The number of halogens is 1. The zero-order valence-electron chi connectivity index (χ0n) is 18.9. The van der Waals surface area contributed by atoms with Gasteiger partial charge in [0.2, 0.25) is 11.4 Å². The van der Waals surface area contributed by atoms with E-state index in [1.54, 1.807) is 31.2 Å². The number of aliphatic hydroxyl groups is 1. The van der Waals surface area contributed by atoms with Gasteiger partial charge in [0.15, 0.2) is 17.3 Å². The number of ether oxygens (including phenoxy) is 3. The minimum absolute atomic E-state index is 0.0276. The lowest BCUT2D eigenvalue weighted by molar-refractivity contribution is -0.118. The fourth-order valence-corrected chi connectivity index (χ4v) is 4.59. The monoisotopic (exact) mass is 485 g/mol. The van der Waals surface area contributed by atoms with Crippen molar-refractivity contribution in [1.29, 1.82) is 0 Å². The smallest absolute Gasteiger partial charge is 0.231 e. The number of phenols is 1. The second-order valence-corrected chi connectivity index (χ2v) is 8.59. The van der Waals surface area contributed by atoms with Gasteiger partial charge in [0.05, 0.1) is 19.8 Å². The normalized spacial score (nSPS) is 21.8. The first-order valence-electron chi connectivity index (χ1n) is 10.7. The maximum Gasteiger partial charge on any atom is 0.231 e. The molecule has 1 aliphatic heterocycles. The van der Waals surface area contributed by atoms with Crippen molar-refractivity contribution < 1.29 is 34.0 Å². The van der Waals surface area contributed by atoms with Gasteiger partial charge in [-0.15, -0.1) is 0 Å². The number of phenolic OH excluding ortho intramolecular Hbond substituents is 1. The van der Waals surface area contributed by atoms with Crippen LogP contribution in [0.1, 0.15) is 29.3 Å². The highest BCUT2D eigenvalue weighted by atomic mass is 35.5. The lowest BCUT2D eigenvalue weighted by Crippen LogP contribution is -2.52. The van der Waals surface area contributed by atoms with E-state index in [1.165, 1.54) is 26.5 Å². The van der Waals surface area contributed by atoms with Crippen molar-refractivity contribution in [3.8, 4) is 23.0 Å². The predicted molar refractivity (Wildman–Crippen MR) is 126 cm³/mol. The van der Waals surface area contributed by atoms with E-state index in [2.05, 4.69) is 4.99 Å². The number of aromatic hydroxyl groups is 1. The van der Waals surface area contributed by atoms with Gasteiger partial charge in [-0.2, -0.15) is 0 Å². The van der Waals surface area contributed by atoms with Crippen molar-refractivity contribution in [1.82, 2.24) is 0 Å². The molecule has 178 valence electrons. The molecular formula is C25H24ClNO7. The number of benzene rings is 2. The molecule has 1 heterocycles. The Balaban J connectivity index is 1.69. The van der Waals surface area contributed by atoms with Gasteiger partial charge >= 0.3 is 0 Å². The molecule has 0 bridgehead atoms. The maximum atomic E-state index is 13.6. The number of nitrogens with zero attached hydrogens (tertiary/aromatic N) is 1. The topological polar surface area (TPSA) is 115 Å². The summed E-state index contributed by atoms with van der Waals surface area (Å²) in [4.78, 5) is 30.7. The first-order chi connectivity index (χ1) is 16.2. The van der Waals surface area contributed by atoms with Crippen LogP contribution < -0.4 is 14.2 Å². The van der Waals surface area contributed by atoms with Crippen molar-refractivity contribution >= 4 is 29.4 Å². The number of hydrogen-bond donors (Lipinski definition) is 2. The van der Waals surface area contributed by atoms with Crippen LogP contribution in [0.5, 0.6) is 23.0 Å². The van der Waals surface area contributed by atoms with E-state index in [9.17, 15) is 19.8 Å². The standard InChI is InChI=1S/C25H24ClNO7/c1-13-10-17(29)16(12-27-9-8-14-4-6-15(28)7-5-14)23(30)25(13)24(31)20-18(32-2)11-19(33-3)21(26)22(20)34-25/h4-7,11-13,28,30H,8-10H2,1-3H3. The second-order valence-electron chi connectivity index (χ2n) is 8.21. The molecule has 4 rings (SSSR count). The Kier molecular flexibility index (Phi) is 6.27. The molecule has 0 fully saturated rings. The summed E-state index contributed by atoms with van der Waals surface area (Å²) >= 11 is 6.42. The molecule has 9 heteroatoms. The molecule has 1 spiro atoms. The molecule has 2 aromatic rings. The average molecular weight is 486 g/mol. The minimum atomic E-state index is -1.82. The van der Waals surface area contributed by atoms with E-state index < -0.39 is 23.1 Å². The molecule has 2 aromatic carbocycles. The van der Waals surface area contributed by atoms with Crippen LogP contribution >= 0.6 is 11.6 Å². The summed E-state index contributed by atoms with van der Waals surface area (Å²) in [6.07, 6.45) is 1.82. The van der Waals surface area contributed by atoms with Gasteiger partial charge in [-0.05, 0) is 24.1 Å². The van der Waals surface area contributed by atoms with Crippen LogP contribution in [0.25, 0.3) is 0 Å². The number of aliphatic imine (C=N–C) groups is 1. The minimum Gasteiger partial charge on any atom is -0.508 e. The number of fused-ring (bicyclic) bond motifs is 1. The zero-order chi connectivity index (χ0) is 24.6. The maximum absolute atomic E-state index is 13.6. The van der Waals surface area contributed by atoms with Crippen molar-refractivity contribution in [3.63, 3.8) is 0 Å². The van der Waals surface area contributed by atoms with Crippen molar-refractivity contribution in [2.45, 2.75) is 25.4 Å². The second kappa shape index (κ2) is 9.02. The molecule has 0 aromatic heterocycles. The summed E-state index contributed by atoms with van der Waals surface area (Å²) in [5, 5.41) is 20.7. The van der Waals surface area contributed by atoms with Gasteiger partial charge in [0, 0.05) is 31.2 Å². The van der Waals surface area contributed by atoms with Crippen LogP contribution in [0.2, 0.25) is 5.02 Å². The lowest BCUT2D eigenvalue weighted by Gasteiger charge is -2.36. The highest BCUT2D eigenvalue weighted by Crippen LogP contribution is 2.54. The molecule has 0 saturated heterocycles. The van der Waals surface area contributed by atoms with Crippen molar-refractivity contribution in [2.75, 3.05) is 20.8 Å². The Bertz CT molecular complexity index is 1220. The van der Waals surface area contributed by atoms with Crippen LogP contribution in [0.4, 0.5) is 0 Å². The number of allylic oxidation sites excluding steroid dienone is 1. The van der Waals surface area contributed by atoms with Crippen molar-refractivity contribution in [2.24, 2.45) is 10.9 Å². The Labute approximate surface area is 201 Å². The third-order valence-corrected chi connectivity index (χ3v) is 6.56. The summed E-state index contributed by atoms with van der Waals surface area (Å²) in [5.41, 5.74) is -0.858. The van der Waals surface area contributed by atoms with Crippen LogP contribution in [-0.4, -0.2) is 54.4 Å². The van der Waals surface area contributed by atoms with E-state index in [0.29, 0.717) is 13.0 Å². The molecule has 0 saturated carbocycles. The molecule has 0 amide bonds. The van der Waals surface area contributed by atoms with Crippen molar-refractivity contribution in [3.05, 3.63) is 57.8 Å². The highest BCUT2D eigenvalue weighted by Gasteiger charge is 2.60. The number of hydrogen-bond acceptors (Lipinski definition) is 8. The highest BCUT2D eigenvalue weighted by molar-refractivity contribution is 6.35. The SMILES string of the molecule is COc1cc(OC)c2c(c1Cl)OC1(C2=O)C(O)=C(C=NCCc2ccc(O)cc2)C(=O)CC1C. The number of Topliss-reactive ketones (excluding diaryl/α,β-unsaturated/α-hetero) is 2. The molecule has 34 heavy (non-hydrogen) atoms. The summed E-state index contributed by atoms with van der Waals surface area (Å²) in [7, 11) is 2.82. The van der Waals surface area contributed by atoms with Gasteiger partial charge in [-0.25, -0.2) is 0 Å². The quantitative estimate of drug-likeness (QED) is 0.591. The molecule has 2 aliphatic rings. The van der Waals surface area contributed by atoms with Gasteiger partial charge in [0.1, 0.15) is 27.8 Å². The number of ketones is 2. The van der Waals surface area contributed by atoms with Gasteiger partial charge in [-0.3, -0.25) is 14.6 Å². The number of methoxy groups -OCH3 is 2. The fourth-order valence-electron chi connectivity index (χ4n) is 4.32. The summed E-state index contributed by atoms with van der Waals surface area (Å²) < 4.78 is 16.7. The molecule has 2 unspecified atom stereocenters. The molecule has 8 nitrogen and oxygen atoms in total. The largest absolute Gasteiger partial charge is 0.508 e. The van der Waals surface area contributed by atoms with Gasteiger partial charge in [0.25, 0.3) is 0 Å². The zero-order valence-corrected chi connectivity index (χ0v) is 19.7. The van der Waals surface area contributed by atoms with E-state index in [0.717, 1.165) is 5.56 Å². The number of carbonyl (C=O) groups excluding carboxylic acids is 2. The molecule has 2 atom stereocenters. The van der Waals surface area contributed by atoms with Crippen LogP contribution in [0.3, 0.4) is 0 Å². The first-order valence-corrected chi connectivity index (χ1v) is 11.0. The van der Waals surface area contributed by atoms with Gasteiger partial charge in [-0.1, -0.05) is 30.7 Å². The summed E-state index contributed by atoms with van der Waals surface area (Å²) in [6, 6.07) is 8.19. The predicted octanol–water partition coefficient (Wildman–Crippen LogP) is 4.11. The van der Waals surface area contributed by atoms with Gasteiger partial charge < -0.3 is 24.4 Å². The molecule has 1 aliphatic carbocycles. The summed E-state index contributed by atoms with van der Waals surface area (Å²) in [6.45, 7) is 2.00. The third-order valence-electron chi connectivity index (χ3n) is 6.20. The van der Waals surface area contributed by atoms with Crippen LogP contribution in [-0.2, 0) is 11.2 Å². The average Bonchev–Trinajstić information content (AvgIpc) is 3.14. The van der Waals surface area contributed by atoms with Crippen LogP contribution in [0.15, 0.2) is 46.7 Å². The van der Waals surface area contributed by atoms with E-state index in [4.69, 9.17) is 25.8 Å². The molecule has 2 N–H and O–H groups in total. The third kappa shape index (κ3) is 3.68. The van der Waals surface area contributed by atoms with E-state index in [1.807, 2.05) is 0 Å². The number of rotatable bonds is 6. The van der Waals surface area contributed by atoms with Crippen LogP contribution in [0, 0.1) is 5.92 Å². The lowest BCUT2D eigenvalue weighted by atomic mass is 9.73.